The molecule has 0 atom stereocenters. The number of carbonyl (C=O) groups is 1. The first kappa shape index (κ1) is 24.4. The van der Waals surface area contributed by atoms with Crippen molar-refractivity contribution >= 4 is 28.3 Å². The summed E-state index contributed by atoms with van der Waals surface area (Å²) in [4.78, 5) is 25.3. The zero-order valence-corrected chi connectivity index (χ0v) is 20.5. The monoisotopic (exact) mass is 451 g/mol. The topological polar surface area (TPSA) is 73.5 Å². The number of fused-ring (bicyclic) bond motifs is 1. The molecule has 1 aromatic carbocycles. The lowest BCUT2D eigenvalue weighted by Crippen LogP contribution is -2.47. The SMILES string of the molecule is CC.CCNc1cccnc1N(CC)C1CCN(C(=O)c2cc3cc(OC)ccc3[nH]2)CC1. The molecule has 1 aliphatic rings. The minimum Gasteiger partial charge on any atom is -0.497 e. The van der Waals surface area contributed by atoms with Gasteiger partial charge in [-0.1, -0.05) is 13.8 Å². The van der Waals surface area contributed by atoms with E-state index in [-0.39, 0.29) is 5.91 Å². The molecule has 3 heterocycles. The van der Waals surface area contributed by atoms with Gasteiger partial charge in [0.1, 0.15) is 11.4 Å². The average Bonchev–Trinajstić information content (AvgIpc) is 3.30. The molecule has 1 amide bonds. The van der Waals surface area contributed by atoms with E-state index in [4.69, 9.17) is 4.74 Å². The van der Waals surface area contributed by atoms with Gasteiger partial charge in [0.05, 0.1) is 12.8 Å². The number of aromatic nitrogens is 2. The Morgan fingerprint density at radius 1 is 1.21 bits per heavy atom. The van der Waals surface area contributed by atoms with Crippen LogP contribution in [-0.4, -0.2) is 60.1 Å². The van der Waals surface area contributed by atoms with Crippen molar-refractivity contribution in [2.45, 2.75) is 46.6 Å². The summed E-state index contributed by atoms with van der Waals surface area (Å²) in [5.41, 5.74) is 2.65. The van der Waals surface area contributed by atoms with E-state index in [1.807, 2.05) is 55.3 Å². The number of amides is 1. The standard InChI is InChI=1S/C24H31N5O2.C2H6/c1-4-25-21-7-6-12-26-23(21)29(5-2)18-10-13-28(14-11-18)24(30)22-16-17-15-19(31-3)8-9-20(17)27-22;1-2/h6-9,12,15-16,18,25,27H,4-5,10-11,13-14H2,1-3H3;1-2H3. The van der Waals surface area contributed by atoms with Gasteiger partial charge in [0, 0.05) is 49.3 Å². The summed E-state index contributed by atoms with van der Waals surface area (Å²) in [6.45, 7) is 11.5. The molecule has 0 bridgehead atoms. The van der Waals surface area contributed by atoms with E-state index >= 15 is 0 Å². The molecule has 3 aromatic rings. The lowest BCUT2D eigenvalue weighted by molar-refractivity contribution is 0.0707. The summed E-state index contributed by atoms with van der Waals surface area (Å²) in [6, 6.07) is 12.1. The Morgan fingerprint density at radius 2 is 1.97 bits per heavy atom. The highest BCUT2D eigenvalue weighted by Gasteiger charge is 2.29. The number of carbonyl (C=O) groups excluding carboxylic acids is 1. The first-order chi connectivity index (χ1) is 16.1. The number of nitrogens with one attached hydrogen (secondary N) is 2. The summed E-state index contributed by atoms with van der Waals surface area (Å²) in [6.07, 6.45) is 3.70. The average molecular weight is 452 g/mol. The normalized spacial score (nSPS) is 13.9. The van der Waals surface area contributed by atoms with Gasteiger partial charge in [-0.25, -0.2) is 4.98 Å². The maximum Gasteiger partial charge on any atom is 0.270 e. The fourth-order valence-electron chi connectivity index (χ4n) is 4.44. The van der Waals surface area contributed by atoms with Gasteiger partial charge in [-0.2, -0.15) is 0 Å². The number of benzene rings is 1. The van der Waals surface area contributed by atoms with Gasteiger partial charge in [0.15, 0.2) is 5.82 Å². The fourth-order valence-corrected chi connectivity index (χ4v) is 4.44. The largest absolute Gasteiger partial charge is 0.497 e. The number of ether oxygens (including phenoxy) is 1. The molecule has 7 nitrogen and oxygen atoms in total. The molecule has 2 aromatic heterocycles. The molecule has 4 rings (SSSR count). The first-order valence-corrected chi connectivity index (χ1v) is 12.1. The third kappa shape index (κ3) is 5.41. The highest BCUT2D eigenvalue weighted by molar-refractivity contribution is 5.98. The van der Waals surface area contributed by atoms with E-state index < -0.39 is 0 Å². The number of aromatic amines is 1. The maximum absolute atomic E-state index is 13.1. The number of likely N-dealkylation sites (tertiary alicyclic amines) is 1. The zero-order valence-electron chi connectivity index (χ0n) is 20.5. The molecule has 1 saturated heterocycles. The summed E-state index contributed by atoms with van der Waals surface area (Å²) >= 11 is 0. The lowest BCUT2D eigenvalue weighted by Gasteiger charge is -2.39. The van der Waals surface area contributed by atoms with E-state index in [1.165, 1.54) is 0 Å². The summed E-state index contributed by atoms with van der Waals surface area (Å²) in [5, 5.41) is 4.40. The molecule has 2 N–H and O–H groups in total. The predicted molar refractivity (Wildman–Crippen MR) is 137 cm³/mol. The number of piperidine rings is 1. The molecule has 7 heteroatoms. The lowest BCUT2D eigenvalue weighted by atomic mass is 10.0. The molecule has 0 saturated carbocycles. The fraction of sp³-hybridized carbons (Fsp3) is 0.462. The Balaban J connectivity index is 0.00000149. The zero-order chi connectivity index (χ0) is 23.8. The quantitative estimate of drug-likeness (QED) is 0.519. The van der Waals surface area contributed by atoms with E-state index in [1.54, 1.807) is 7.11 Å². The number of nitrogens with zero attached hydrogens (tertiary/aromatic N) is 3. The van der Waals surface area contributed by atoms with Crippen LogP contribution < -0.4 is 15.0 Å². The molecule has 178 valence electrons. The van der Waals surface area contributed by atoms with Crippen molar-refractivity contribution in [3.8, 4) is 5.75 Å². The Labute approximate surface area is 197 Å². The van der Waals surface area contributed by atoms with Crippen molar-refractivity contribution in [1.82, 2.24) is 14.9 Å². The van der Waals surface area contributed by atoms with Crippen molar-refractivity contribution in [1.29, 1.82) is 0 Å². The number of pyridine rings is 1. The van der Waals surface area contributed by atoms with Crippen LogP contribution in [0.2, 0.25) is 0 Å². The van der Waals surface area contributed by atoms with E-state index in [9.17, 15) is 4.79 Å². The molecule has 1 aliphatic heterocycles. The highest BCUT2D eigenvalue weighted by atomic mass is 16.5. The Morgan fingerprint density at radius 3 is 2.64 bits per heavy atom. The number of methoxy groups -OCH3 is 1. The minimum absolute atomic E-state index is 0.0582. The van der Waals surface area contributed by atoms with Crippen LogP contribution in [0.4, 0.5) is 11.5 Å². The Kier molecular flexibility index (Phi) is 8.58. The molecule has 33 heavy (non-hydrogen) atoms. The van der Waals surface area contributed by atoms with Gasteiger partial charge in [-0.15, -0.1) is 0 Å². The molecule has 0 spiro atoms. The second-order valence-electron chi connectivity index (χ2n) is 7.85. The summed E-state index contributed by atoms with van der Waals surface area (Å²) in [7, 11) is 1.65. The number of rotatable bonds is 7. The van der Waals surface area contributed by atoms with Crippen molar-refractivity contribution in [3.05, 3.63) is 48.3 Å². The van der Waals surface area contributed by atoms with Crippen LogP contribution >= 0.6 is 0 Å². The van der Waals surface area contributed by atoms with Gasteiger partial charge >= 0.3 is 0 Å². The van der Waals surface area contributed by atoms with E-state index in [2.05, 4.69) is 40.1 Å². The van der Waals surface area contributed by atoms with Gasteiger partial charge in [-0.3, -0.25) is 4.79 Å². The first-order valence-electron chi connectivity index (χ1n) is 12.1. The molecule has 1 fully saturated rings. The van der Waals surface area contributed by atoms with Crippen LogP contribution in [0.1, 0.15) is 51.0 Å². The smallest absolute Gasteiger partial charge is 0.270 e. The maximum atomic E-state index is 13.1. The van der Waals surface area contributed by atoms with Crippen molar-refractivity contribution in [2.24, 2.45) is 0 Å². The molecule has 0 radical (unpaired) electrons. The van der Waals surface area contributed by atoms with Gasteiger partial charge < -0.3 is 24.8 Å². The Bertz CT molecular complexity index is 1040. The van der Waals surface area contributed by atoms with Crippen molar-refractivity contribution < 1.29 is 9.53 Å². The second-order valence-corrected chi connectivity index (χ2v) is 7.85. The van der Waals surface area contributed by atoms with Crippen LogP contribution in [-0.2, 0) is 0 Å². The molecular weight excluding hydrogens is 414 g/mol. The van der Waals surface area contributed by atoms with Crippen LogP contribution in [0.15, 0.2) is 42.6 Å². The van der Waals surface area contributed by atoms with Crippen LogP contribution in [0.25, 0.3) is 10.9 Å². The summed E-state index contributed by atoms with van der Waals surface area (Å²) in [5.74, 6) is 1.85. The second kappa shape index (κ2) is 11.6. The van der Waals surface area contributed by atoms with Gasteiger partial charge in [-0.05, 0) is 63.1 Å². The van der Waals surface area contributed by atoms with Crippen molar-refractivity contribution in [2.75, 3.05) is 43.5 Å². The van der Waals surface area contributed by atoms with Crippen LogP contribution in [0, 0.1) is 0 Å². The number of hydrogen-bond donors (Lipinski definition) is 2. The van der Waals surface area contributed by atoms with Crippen LogP contribution in [0.5, 0.6) is 5.75 Å². The van der Waals surface area contributed by atoms with Crippen molar-refractivity contribution in [3.63, 3.8) is 0 Å². The molecule has 0 aliphatic carbocycles. The molecular formula is C26H37N5O2. The Hall–Kier alpha value is -3.22. The summed E-state index contributed by atoms with van der Waals surface area (Å²) < 4.78 is 5.29. The number of anilines is 2. The number of H-pyrrole nitrogens is 1. The minimum atomic E-state index is 0.0582. The highest BCUT2D eigenvalue weighted by Crippen LogP contribution is 2.29. The van der Waals surface area contributed by atoms with Crippen LogP contribution in [0.3, 0.4) is 0 Å². The molecule has 0 unspecified atom stereocenters. The van der Waals surface area contributed by atoms with E-state index in [0.29, 0.717) is 11.7 Å². The number of hydrogen-bond acceptors (Lipinski definition) is 5. The van der Waals surface area contributed by atoms with Gasteiger partial charge in [0.25, 0.3) is 5.91 Å². The third-order valence-electron chi connectivity index (χ3n) is 6.02. The predicted octanol–water partition coefficient (Wildman–Crippen LogP) is 5.16. The van der Waals surface area contributed by atoms with Gasteiger partial charge in [0.2, 0.25) is 0 Å². The third-order valence-corrected chi connectivity index (χ3v) is 6.02. The van der Waals surface area contributed by atoms with E-state index in [0.717, 1.165) is 67.2 Å².